The summed E-state index contributed by atoms with van der Waals surface area (Å²) in [5.41, 5.74) is 4.53. The van der Waals surface area contributed by atoms with Crippen LogP contribution in [0.3, 0.4) is 0 Å². The Morgan fingerprint density at radius 3 is 2.41 bits per heavy atom. The van der Waals surface area contributed by atoms with Gasteiger partial charge < -0.3 is 15.5 Å². The molecule has 3 aromatic rings. The molecule has 29 heavy (non-hydrogen) atoms. The van der Waals surface area contributed by atoms with E-state index in [1.54, 1.807) is 19.1 Å². The van der Waals surface area contributed by atoms with Gasteiger partial charge in [0.25, 0.3) is 0 Å². The Labute approximate surface area is 171 Å². The van der Waals surface area contributed by atoms with Crippen molar-refractivity contribution in [2.24, 2.45) is 0 Å². The highest BCUT2D eigenvalue weighted by Crippen LogP contribution is 2.24. The molecule has 1 aliphatic heterocycles. The Hall–Kier alpha value is -3.41. The summed E-state index contributed by atoms with van der Waals surface area (Å²) in [6.45, 7) is 5.76. The number of anilines is 5. The first-order valence-corrected chi connectivity index (χ1v) is 9.92. The molecule has 1 fully saturated rings. The van der Waals surface area contributed by atoms with Crippen molar-refractivity contribution in [2.75, 3.05) is 28.6 Å². The molecule has 6 heteroatoms. The van der Waals surface area contributed by atoms with Crippen molar-refractivity contribution in [3.05, 3.63) is 65.9 Å². The van der Waals surface area contributed by atoms with E-state index in [1.807, 2.05) is 25.1 Å². The molecule has 2 heterocycles. The van der Waals surface area contributed by atoms with Crippen molar-refractivity contribution in [3.63, 3.8) is 0 Å². The van der Waals surface area contributed by atoms with E-state index < -0.39 is 0 Å². The molecule has 0 spiro atoms. The summed E-state index contributed by atoms with van der Waals surface area (Å²) in [6.07, 6.45) is 2.54. The number of hydrogen-bond acceptors (Lipinski definition) is 6. The lowest BCUT2D eigenvalue weighted by atomic mass is 10.1. The van der Waals surface area contributed by atoms with E-state index in [4.69, 9.17) is 0 Å². The van der Waals surface area contributed by atoms with E-state index in [9.17, 15) is 4.79 Å². The van der Waals surface area contributed by atoms with E-state index in [2.05, 4.69) is 49.8 Å². The van der Waals surface area contributed by atoms with Crippen LogP contribution in [0.2, 0.25) is 0 Å². The smallest absolute Gasteiger partial charge is 0.229 e. The summed E-state index contributed by atoms with van der Waals surface area (Å²) < 4.78 is 0. The fourth-order valence-electron chi connectivity index (χ4n) is 3.51. The zero-order valence-corrected chi connectivity index (χ0v) is 16.8. The molecule has 0 aliphatic carbocycles. The van der Waals surface area contributed by atoms with Crippen molar-refractivity contribution < 1.29 is 4.79 Å². The molecule has 6 nitrogen and oxygen atoms in total. The number of nitrogens with one attached hydrogen (secondary N) is 2. The number of carbonyl (C=O) groups is 1. The monoisotopic (exact) mass is 387 g/mol. The van der Waals surface area contributed by atoms with Gasteiger partial charge in [-0.3, -0.25) is 4.79 Å². The van der Waals surface area contributed by atoms with Crippen molar-refractivity contribution in [2.45, 2.75) is 26.7 Å². The predicted molar refractivity (Wildman–Crippen MR) is 118 cm³/mol. The first kappa shape index (κ1) is 18.9. The Kier molecular flexibility index (Phi) is 5.42. The van der Waals surface area contributed by atoms with Crippen molar-refractivity contribution in [1.82, 2.24) is 9.97 Å². The van der Waals surface area contributed by atoms with Crippen LogP contribution in [0.5, 0.6) is 0 Å². The maximum absolute atomic E-state index is 11.6. The highest BCUT2D eigenvalue weighted by atomic mass is 16.1. The lowest BCUT2D eigenvalue weighted by Gasteiger charge is -2.18. The van der Waals surface area contributed by atoms with Crippen molar-refractivity contribution >= 4 is 34.6 Å². The second-order valence-corrected chi connectivity index (χ2v) is 7.35. The number of rotatable bonds is 6. The SMILES string of the molecule is CC(=O)c1cccc(Nc2nc(C)cc(Nc3ccc(N4CCCC4)cc3)n2)c1. The lowest BCUT2D eigenvalue weighted by Crippen LogP contribution is -2.17. The number of hydrogen-bond donors (Lipinski definition) is 2. The molecule has 0 radical (unpaired) electrons. The number of benzene rings is 2. The third kappa shape index (κ3) is 4.71. The highest BCUT2D eigenvalue weighted by molar-refractivity contribution is 5.95. The molecular weight excluding hydrogens is 362 g/mol. The van der Waals surface area contributed by atoms with Crippen LogP contribution in [0.15, 0.2) is 54.6 Å². The molecule has 0 bridgehead atoms. The molecule has 0 amide bonds. The molecule has 2 N–H and O–H groups in total. The molecule has 4 rings (SSSR count). The zero-order valence-electron chi connectivity index (χ0n) is 16.8. The van der Waals surface area contributed by atoms with E-state index >= 15 is 0 Å². The van der Waals surface area contributed by atoms with Crippen LogP contribution < -0.4 is 15.5 Å². The molecule has 0 atom stereocenters. The van der Waals surface area contributed by atoms with Crippen LogP contribution in [0.25, 0.3) is 0 Å². The molecule has 1 aliphatic rings. The number of aromatic nitrogens is 2. The predicted octanol–water partition coefficient (Wildman–Crippen LogP) is 5.08. The molecule has 0 saturated carbocycles. The number of Topliss-reactive ketones (excluding diaryl/α,β-unsaturated/α-hetero) is 1. The second kappa shape index (κ2) is 8.31. The van der Waals surface area contributed by atoms with E-state index in [-0.39, 0.29) is 5.78 Å². The van der Waals surface area contributed by atoms with Gasteiger partial charge in [0.2, 0.25) is 5.95 Å². The van der Waals surface area contributed by atoms with E-state index in [0.717, 1.165) is 36.0 Å². The fourth-order valence-corrected chi connectivity index (χ4v) is 3.51. The zero-order chi connectivity index (χ0) is 20.2. The van der Waals surface area contributed by atoms with Crippen LogP contribution in [0.1, 0.15) is 35.8 Å². The Bertz CT molecular complexity index is 1010. The Balaban J connectivity index is 1.49. The highest BCUT2D eigenvalue weighted by Gasteiger charge is 2.12. The molecule has 148 valence electrons. The number of nitrogens with zero attached hydrogens (tertiary/aromatic N) is 3. The van der Waals surface area contributed by atoms with Crippen LogP contribution in [0, 0.1) is 6.92 Å². The lowest BCUT2D eigenvalue weighted by molar-refractivity contribution is 0.101. The Morgan fingerprint density at radius 1 is 0.931 bits per heavy atom. The van der Waals surface area contributed by atoms with Crippen molar-refractivity contribution in [1.29, 1.82) is 0 Å². The normalized spacial score (nSPS) is 13.4. The van der Waals surface area contributed by atoms with Gasteiger partial charge in [0.1, 0.15) is 5.82 Å². The first-order chi connectivity index (χ1) is 14.1. The second-order valence-electron chi connectivity index (χ2n) is 7.35. The number of aryl methyl sites for hydroxylation is 1. The Morgan fingerprint density at radius 2 is 1.69 bits per heavy atom. The van der Waals surface area contributed by atoms with Crippen molar-refractivity contribution in [3.8, 4) is 0 Å². The summed E-state index contributed by atoms with van der Waals surface area (Å²) >= 11 is 0. The van der Waals surface area contributed by atoms with Crippen LogP contribution >= 0.6 is 0 Å². The topological polar surface area (TPSA) is 70.2 Å². The molecule has 2 aromatic carbocycles. The molecule has 1 aromatic heterocycles. The van der Waals surface area contributed by atoms with Gasteiger partial charge in [-0.15, -0.1) is 0 Å². The van der Waals surface area contributed by atoms with Gasteiger partial charge in [0, 0.05) is 47.5 Å². The number of ketones is 1. The largest absolute Gasteiger partial charge is 0.372 e. The maximum Gasteiger partial charge on any atom is 0.229 e. The average Bonchev–Trinajstić information content (AvgIpc) is 3.23. The fraction of sp³-hybridized carbons (Fsp3) is 0.261. The number of carbonyl (C=O) groups excluding carboxylic acids is 1. The van der Waals surface area contributed by atoms with Gasteiger partial charge in [-0.1, -0.05) is 12.1 Å². The molecule has 1 saturated heterocycles. The van der Waals surface area contributed by atoms with Gasteiger partial charge in [-0.25, -0.2) is 4.98 Å². The quantitative estimate of drug-likeness (QED) is 0.575. The third-order valence-electron chi connectivity index (χ3n) is 4.99. The van der Waals surface area contributed by atoms with Gasteiger partial charge in [0.15, 0.2) is 5.78 Å². The minimum atomic E-state index is 0.0264. The van der Waals surface area contributed by atoms with Gasteiger partial charge >= 0.3 is 0 Å². The van der Waals surface area contributed by atoms with Crippen LogP contribution in [-0.2, 0) is 0 Å². The molecule has 0 unspecified atom stereocenters. The summed E-state index contributed by atoms with van der Waals surface area (Å²) in [5, 5.41) is 6.55. The van der Waals surface area contributed by atoms with E-state index in [0.29, 0.717) is 11.5 Å². The van der Waals surface area contributed by atoms with Gasteiger partial charge in [-0.05, 0) is 63.1 Å². The van der Waals surface area contributed by atoms with Crippen LogP contribution in [0.4, 0.5) is 28.8 Å². The van der Waals surface area contributed by atoms with Gasteiger partial charge in [-0.2, -0.15) is 4.98 Å². The summed E-state index contributed by atoms with van der Waals surface area (Å²) in [6, 6.07) is 17.7. The average molecular weight is 387 g/mol. The molecular formula is C23H25N5O. The summed E-state index contributed by atoms with van der Waals surface area (Å²) in [5.74, 6) is 1.23. The van der Waals surface area contributed by atoms with E-state index in [1.165, 1.54) is 18.5 Å². The maximum atomic E-state index is 11.6. The summed E-state index contributed by atoms with van der Waals surface area (Å²) in [4.78, 5) is 23.0. The first-order valence-electron chi connectivity index (χ1n) is 9.92. The standard InChI is InChI=1S/C23H25N5O/c1-16-14-22(25-19-8-10-21(11-9-19)28-12-3-4-13-28)27-23(24-16)26-20-7-5-6-18(15-20)17(2)29/h5-11,14-15H,3-4,12-13H2,1-2H3,(H2,24,25,26,27). The van der Waals surface area contributed by atoms with Gasteiger partial charge in [0.05, 0.1) is 0 Å². The minimum absolute atomic E-state index is 0.0264. The summed E-state index contributed by atoms with van der Waals surface area (Å²) in [7, 11) is 0. The van der Waals surface area contributed by atoms with Crippen LogP contribution in [-0.4, -0.2) is 28.8 Å². The third-order valence-corrected chi connectivity index (χ3v) is 4.99. The minimum Gasteiger partial charge on any atom is -0.372 e.